The third-order valence-corrected chi connectivity index (χ3v) is 3.15. The van der Waals surface area contributed by atoms with Gasteiger partial charge in [0, 0.05) is 11.9 Å². The second-order valence-corrected chi connectivity index (χ2v) is 3.88. The molecule has 1 heterocycles. The molecule has 1 unspecified atom stereocenters. The Morgan fingerprint density at radius 3 is 2.92 bits per heavy atom. The zero-order valence-corrected chi connectivity index (χ0v) is 8.67. The van der Waals surface area contributed by atoms with Crippen LogP contribution in [0.5, 0.6) is 0 Å². The van der Waals surface area contributed by atoms with E-state index in [4.69, 9.17) is 5.73 Å². The molecule has 3 nitrogen and oxygen atoms in total. The van der Waals surface area contributed by atoms with Gasteiger partial charge in [0.1, 0.15) is 0 Å². The van der Waals surface area contributed by atoms with Gasteiger partial charge < -0.3 is 10.6 Å². The molecule has 1 amide bonds. The van der Waals surface area contributed by atoms with Crippen LogP contribution < -0.4 is 5.73 Å². The Balaban J connectivity index is 2.68. The van der Waals surface area contributed by atoms with E-state index in [0.29, 0.717) is 0 Å². The lowest BCUT2D eigenvalue weighted by molar-refractivity contribution is -0.130. The molecule has 1 aromatic rings. The zero-order valence-electron chi connectivity index (χ0n) is 7.86. The molecule has 72 valence electrons. The molecule has 0 aromatic carbocycles. The molecule has 0 radical (unpaired) electrons. The average Bonchev–Trinajstić information content (AvgIpc) is 2.67. The Labute approximate surface area is 82.2 Å². The van der Waals surface area contributed by atoms with Crippen molar-refractivity contribution in [1.29, 1.82) is 0 Å². The number of nitrogens with two attached hydrogens (primary N) is 1. The highest BCUT2D eigenvalue weighted by Crippen LogP contribution is 2.22. The van der Waals surface area contributed by atoms with Gasteiger partial charge in [-0.25, -0.2) is 0 Å². The van der Waals surface area contributed by atoms with E-state index in [2.05, 4.69) is 0 Å². The molecule has 1 atom stereocenters. The predicted molar refractivity (Wildman–Crippen MR) is 54.6 cm³/mol. The van der Waals surface area contributed by atoms with E-state index in [1.54, 1.807) is 23.3 Å². The zero-order chi connectivity index (χ0) is 9.84. The summed E-state index contributed by atoms with van der Waals surface area (Å²) in [6.07, 6.45) is 0. The van der Waals surface area contributed by atoms with Crippen LogP contribution in [-0.2, 0) is 4.79 Å². The maximum atomic E-state index is 11.3. The van der Waals surface area contributed by atoms with Crippen molar-refractivity contribution in [2.75, 3.05) is 13.6 Å². The van der Waals surface area contributed by atoms with E-state index in [1.165, 1.54) is 4.88 Å². The molecule has 0 fully saturated rings. The van der Waals surface area contributed by atoms with Gasteiger partial charge in [-0.3, -0.25) is 4.79 Å². The normalized spacial score (nSPS) is 12.5. The highest BCUT2D eigenvalue weighted by Gasteiger charge is 2.16. The first kappa shape index (κ1) is 10.2. The molecule has 0 bridgehead atoms. The van der Waals surface area contributed by atoms with Gasteiger partial charge in [0.15, 0.2) is 0 Å². The van der Waals surface area contributed by atoms with Gasteiger partial charge in [-0.1, -0.05) is 6.07 Å². The second-order valence-electron chi connectivity index (χ2n) is 2.90. The fraction of sp³-hybridized carbons (Fsp3) is 0.444. The monoisotopic (exact) mass is 198 g/mol. The lowest BCUT2D eigenvalue weighted by atomic mass is 10.2. The van der Waals surface area contributed by atoms with Crippen molar-refractivity contribution in [3.63, 3.8) is 0 Å². The van der Waals surface area contributed by atoms with E-state index < -0.39 is 0 Å². The summed E-state index contributed by atoms with van der Waals surface area (Å²) in [4.78, 5) is 14.1. The van der Waals surface area contributed by atoms with Crippen molar-refractivity contribution in [3.05, 3.63) is 22.4 Å². The quantitative estimate of drug-likeness (QED) is 0.794. The number of likely N-dealkylation sites (N-methyl/N-ethyl adjacent to an activating group) is 1. The Morgan fingerprint density at radius 1 is 1.77 bits per heavy atom. The Bertz CT molecular complexity index is 271. The molecule has 13 heavy (non-hydrogen) atoms. The largest absolute Gasteiger partial charge is 0.337 e. The standard InChI is InChI=1S/C9H14N2OS/c1-7(8-4-3-5-13-8)11(2)9(12)6-10/h3-5,7H,6,10H2,1-2H3. The van der Waals surface area contributed by atoms with Crippen molar-refractivity contribution in [2.45, 2.75) is 13.0 Å². The molecule has 1 rings (SSSR count). The molecule has 0 saturated carbocycles. The van der Waals surface area contributed by atoms with Crippen LogP contribution in [-0.4, -0.2) is 24.4 Å². The molecule has 0 aliphatic rings. The summed E-state index contributed by atoms with van der Waals surface area (Å²) in [6.45, 7) is 2.08. The number of thiophene rings is 1. The first-order chi connectivity index (χ1) is 6.16. The molecule has 0 aliphatic heterocycles. The van der Waals surface area contributed by atoms with Crippen LogP contribution in [0.1, 0.15) is 17.8 Å². The summed E-state index contributed by atoms with van der Waals surface area (Å²) >= 11 is 1.65. The third-order valence-electron chi connectivity index (χ3n) is 2.10. The van der Waals surface area contributed by atoms with Gasteiger partial charge in [-0.05, 0) is 18.4 Å². The van der Waals surface area contributed by atoms with Crippen molar-refractivity contribution >= 4 is 17.2 Å². The average molecular weight is 198 g/mol. The van der Waals surface area contributed by atoms with Crippen LogP contribution >= 0.6 is 11.3 Å². The van der Waals surface area contributed by atoms with Crippen LogP contribution in [0.15, 0.2) is 17.5 Å². The molecule has 1 aromatic heterocycles. The van der Waals surface area contributed by atoms with Crippen molar-refractivity contribution in [3.8, 4) is 0 Å². The maximum absolute atomic E-state index is 11.3. The molecule has 0 saturated heterocycles. The Hall–Kier alpha value is -0.870. The molecular weight excluding hydrogens is 184 g/mol. The summed E-state index contributed by atoms with van der Waals surface area (Å²) in [5.41, 5.74) is 5.28. The Kier molecular flexibility index (Phi) is 3.45. The highest BCUT2D eigenvalue weighted by atomic mass is 32.1. The fourth-order valence-electron chi connectivity index (χ4n) is 1.08. The fourth-order valence-corrected chi connectivity index (χ4v) is 1.91. The SMILES string of the molecule is CC(c1cccs1)N(C)C(=O)CN. The van der Waals surface area contributed by atoms with Crippen LogP contribution in [0.2, 0.25) is 0 Å². The van der Waals surface area contributed by atoms with Crippen LogP contribution in [0.25, 0.3) is 0 Å². The van der Waals surface area contributed by atoms with E-state index in [-0.39, 0.29) is 18.5 Å². The van der Waals surface area contributed by atoms with Crippen LogP contribution in [0, 0.1) is 0 Å². The molecule has 2 N–H and O–H groups in total. The van der Waals surface area contributed by atoms with E-state index in [0.717, 1.165) is 0 Å². The highest BCUT2D eigenvalue weighted by molar-refractivity contribution is 7.10. The smallest absolute Gasteiger partial charge is 0.236 e. The van der Waals surface area contributed by atoms with Crippen molar-refractivity contribution < 1.29 is 4.79 Å². The first-order valence-electron chi connectivity index (χ1n) is 4.16. The first-order valence-corrected chi connectivity index (χ1v) is 5.04. The van der Waals surface area contributed by atoms with Crippen LogP contribution in [0.4, 0.5) is 0 Å². The predicted octanol–water partition coefficient (Wildman–Crippen LogP) is 1.23. The maximum Gasteiger partial charge on any atom is 0.236 e. The summed E-state index contributed by atoms with van der Waals surface area (Å²) in [5.74, 6) is -0.0269. The molecule has 4 heteroatoms. The lowest BCUT2D eigenvalue weighted by Gasteiger charge is -2.23. The van der Waals surface area contributed by atoms with Crippen molar-refractivity contribution in [2.24, 2.45) is 5.73 Å². The minimum atomic E-state index is -0.0269. The van der Waals surface area contributed by atoms with E-state index in [1.807, 2.05) is 24.4 Å². The van der Waals surface area contributed by atoms with Gasteiger partial charge in [0.25, 0.3) is 0 Å². The number of carbonyl (C=O) groups is 1. The van der Waals surface area contributed by atoms with Gasteiger partial charge >= 0.3 is 0 Å². The minimum Gasteiger partial charge on any atom is -0.337 e. The minimum absolute atomic E-state index is 0.0269. The van der Waals surface area contributed by atoms with Gasteiger partial charge in [0.2, 0.25) is 5.91 Å². The summed E-state index contributed by atoms with van der Waals surface area (Å²) in [5, 5.41) is 2.01. The van der Waals surface area contributed by atoms with Crippen molar-refractivity contribution in [1.82, 2.24) is 4.90 Å². The number of hydrogen-bond donors (Lipinski definition) is 1. The number of amides is 1. The number of nitrogens with zero attached hydrogens (tertiary/aromatic N) is 1. The van der Waals surface area contributed by atoms with Crippen LogP contribution in [0.3, 0.4) is 0 Å². The van der Waals surface area contributed by atoms with Gasteiger partial charge in [0.05, 0.1) is 12.6 Å². The lowest BCUT2D eigenvalue weighted by Crippen LogP contribution is -2.34. The summed E-state index contributed by atoms with van der Waals surface area (Å²) < 4.78 is 0. The summed E-state index contributed by atoms with van der Waals surface area (Å²) in [6, 6.07) is 4.13. The Morgan fingerprint density at radius 2 is 2.46 bits per heavy atom. The molecular formula is C9H14N2OS. The van der Waals surface area contributed by atoms with Gasteiger partial charge in [-0.2, -0.15) is 0 Å². The topological polar surface area (TPSA) is 46.3 Å². The van der Waals surface area contributed by atoms with Gasteiger partial charge in [-0.15, -0.1) is 11.3 Å². The summed E-state index contributed by atoms with van der Waals surface area (Å²) in [7, 11) is 1.78. The third kappa shape index (κ3) is 2.29. The molecule has 0 spiro atoms. The molecule has 0 aliphatic carbocycles. The van der Waals surface area contributed by atoms with E-state index in [9.17, 15) is 4.79 Å². The number of hydrogen-bond acceptors (Lipinski definition) is 3. The van der Waals surface area contributed by atoms with E-state index >= 15 is 0 Å². The number of carbonyl (C=O) groups excluding carboxylic acids is 1. The number of rotatable bonds is 3. The second kappa shape index (κ2) is 4.39.